The van der Waals surface area contributed by atoms with Crippen LogP contribution in [0.15, 0.2) is 23.4 Å². The Hall–Kier alpha value is -1.63. The molecular weight excluding hydrogens is 266 g/mol. The minimum absolute atomic E-state index is 0.334. The second kappa shape index (κ2) is 3.93. The zero-order valence-electron chi connectivity index (χ0n) is 10.1. The minimum Gasteiger partial charge on any atom is -0.349 e. The van der Waals surface area contributed by atoms with E-state index in [4.69, 9.17) is 0 Å². The Morgan fingerprint density at radius 1 is 1.32 bits per heavy atom. The predicted molar refractivity (Wildman–Crippen MR) is 59.1 cm³/mol. The fourth-order valence-corrected chi connectivity index (χ4v) is 2.03. The van der Waals surface area contributed by atoms with Gasteiger partial charge in [0.1, 0.15) is 11.2 Å². The lowest BCUT2D eigenvalue weighted by atomic mass is 9.75. The number of oxime groups is 1. The molecule has 2 atom stereocenters. The van der Waals surface area contributed by atoms with Crippen molar-refractivity contribution in [3.8, 4) is 0 Å². The molecule has 1 aromatic rings. The highest BCUT2D eigenvalue weighted by molar-refractivity contribution is 5.76. The number of alkyl halides is 3. The van der Waals surface area contributed by atoms with Crippen molar-refractivity contribution < 1.29 is 27.5 Å². The van der Waals surface area contributed by atoms with Gasteiger partial charge in [-0.2, -0.15) is 13.2 Å². The molecule has 1 aliphatic rings. The van der Waals surface area contributed by atoms with E-state index in [0.717, 1.165) is 19.2 Å². The molecule has 0 spiro atoms. The summed E-state index contributed by atoms with van der Waals surface area (Å²) >= 11 is 0. The van der Waals surface area contributed by atoms with E-state index in [-0.39, 0.29) is 5.56 Å². The molecular formula is C12H11F4NO2. The molecule has 0 bridgehead atoms. The van der Waals surface area contributed by atoms with E-state index in [1.165, 1.54) is 12.1 Å². The van der Waals surface area contributed by atoms with Gasteiger partial charge in [-0.15, -0.1) is 0 Å². The molecule has 2 unspecified atom stereocenters. The zero-order valence-corrected chi connectivity index (χ0v) is 10.1. The van der Waals surface area contributed by atoms with E-state index in [1.54, 1.807) is 6.92 Å². The van der Waals surface area contributed by atoms with Crippen molar-refractivity contribution in [1.29, 1.82) is 0 Å². The molecule has 0 saturated heterocycles. The normalized spacial score (nSPS) is 30.5. The van der Waals surface area contributed by atoms with Gasteiger partial charge in [0.2, 0.25) is 0 Å². The van der Waals surface area contributed by atoms with Crippen LogP contribution in [0.1, 0.15) is 18.1 Å². The van der Waals surface area contributed by atoms with Gasteiger partial charge in [-0.05, 0) is 25.5 Å². The average Bonchev–Trinajstić information content (AvgIpc) is 2.56. The van der Waals surface area contributed by atoms with Gasteiger partial charge < -0.3 is 9.94 Å². The molecule has 0 saturated carbocycles. The number of hydrogen-bond acceptors (Lipinski definition) is 3. The molecule has 1 aromatic carbocycles. The van der Waals surface area contributed by atoms with E-state index in [0.29, 0.717) is 5.56 Å². The Morgan fingerprint density at radius 2 is 1.95 bits per heavy atom. The predicted octanol–water partition coefficient (Wildman–Crippen LogP) is 2.66. The minimum atomic E-state index is -5.12. The number of benzene rings is 1. The molecule has 0 aromatic heterocycles. The lowest BCUT2D eigenvalue weighted by molar-refractivity contribution is -0.374. The van der Waals surface area contributed by atoms with Gasteiger partial charge in [-0.25, -0.2) is 4.39 Å². The van der Waals surface area contributed by atoms with Gasteiger partial charge >= 0.3 is 12.0 Å². The van der Waals surface area contributed by atoms with Crippen molar-refractivity contribution in [2.24, 2.45) is 5.16 Å². The molecule has 0 radical (unpaired) electrons. The summed E-state index contributed by atoms with van der Waals surface area (Å²) in [6.45, 7) is 2.62. The maximum Gasteiger partial charge on any atom is 0.459 e. The smallest absolute Gasteiger partial charge is 0.349 e. The van der Waals surface area contributed by atoms with Crippen LogP contribution in [0, 0.1) is 12.7 Å². The number of rotatable bonds is 1. The van der Waals surface area contributed by atoms with Crippen LogP contribution < -0.4 is 0 Å². The van der Waals surface area contributed by atoms with Crippen LogP contribution in [-0.4, -0.2) is 23.3 Å². The third kappa shape index (κ3) is 1.80. The van der Waals surface area contributed by atoms with Crippen molar-refractivity contribution >= 4 is 6.21 Å². The molecule has 0 aliphatic carbocycles. The molecule has 2 rings (SSSR count). The summed E-state index contributed by atoms with van der Waals surface area (Å²) in [5.41, 5.74) is -1.93. The highest BCUT2D eigenvalue weighted by Gasteiger charge is 2.71. The van der Waals surface area contributed by atoms with Crippen molar-refractivity contribution in [1.82, 2.24) is 0 Å². The summed E-state index contributed by atoms with van der Waals surface area (Å²) in [5, 5.41) is 12.8. The molecule has 104 valence electrons. The first-order chi connectivity index (χ1) is 8.62. The molecule has 0 amide bonds. The third-order valence-electron chi connectivity index (χ3n) is 3.27. The second-order valence-electron chi connectivity index (χ2n) is 4.65. The summed E-state index contributed by atoms with van der Waals surface area (Å²) in [6.07, 6.45) is -4.36. The van der Waals surface area contributed by atoms with Crippen LogP contribution >= 0.6 is 0 Å². The second-order valence-corrected chi connectivity index (χ2v) is 4.65. The molecule has 1 heterocycles. The number of aliphatic hydroxyl groups is 1. The van der Waals surface area contributed by atoms with E-state index in [9.17, 15) is 22.7 Å². The SMILES string of the molecule is Cc1ccc(C2(C)C=NOC2(O)C(F)(F)F)c(F)c1. The number of halogens is 4. The topological polar surface area (TPSA) is 41.8 Å². The first-order valence-corrected chi connectivity index (χ1v) is 5.40. The van der Waals surface area contributed by atoms with Crippen molar-refractivity contribution in [3.63, 3.8) is 0 Å². The van der Waals surface area contributed by atoms with Gasteiger partial charge in [0.25, 0.3) is 0 Å². The maximum atomic E-state index is 13.9. The third-order valence-corrected chi connectivity index (χ3v) is 3.27. The monoisotopic (exact) mass is 277 g/mol. The van der Waals surface area contributed by atoms with E-state index >= 15 is 0 Å². The van der Waals surface area contributed by atoms with Crippen molar-refractivity contribution in [2.75, 3.05) is 0 Å². The van der Waals surface area contributed by atoms with Crippen LogP contribution in [0.2, 0.25) is 0 Å². The molecule has 3 nitrogen and oxygen atoms in total. The lowest BCUT2D eigenvalue weighted by Gasteiger charge is -2.36. The van der Waals surface area contributed by atoms with Crippen molar-refractivity contribution in [3.05, 3.63) is 35.1 Å². The first kappa shape index (κ1) is 13.8. The van der Waals surface area contributed by atoms with Crippen LogP contribution in [0.5, 0.6) is 0 Å². The highest BCUT2D eigenvalue weighted by atomic mass is 19.4. The van der Waals surface area contributed by atoms with Gasteiger partial charge in [0, 0.05) is 5.56 Å². The maximum absolute atomic E-state index is 13.9. The largest absolute Gasteiger partial charge is 0.459 e. The molecule has 0 fully saturated rings. The zero-order chi connectivity index (χ0) is 14.5. The van der Waals surface area contributed by atoms with E-state index < -0.39 is 23.2 Å². The van der Waals surface area contributed by atoms with Crippen molar-refractivity contribution in [2.45, 2.75) is 31.2 Å². The first-order valence-electron chi connectivity index (χ1n) is 5.40. The van der Waals surface area contributed by atoms with Crippen LogP contribution in [0.4, 0.5) is 17.6 Å². The Kier molecular flexibility index (Phi) is 2.85. The quantitative estimate of drug-likeness (QED) is 0.802. The Labute approximate surface area is 106 Å². The summed E-state index contributed by atoms with van der Waals surface area (Å²) in [7, 11) is 0. The van der Waals surface area contributed by atoms with Gasteiger partial charge in [-0.1, -0.05) is 17.3 Å². The molecule has 19 heavy (non-hydrogen) atoms. The number of hydrogen-bond donors (Lipinski definition) is 1. The standard InChI is InChI=1S/C12H11F4NO2/c1-7-3-4-8(9(13)5-7)10(2)6-17-19-11(10,18)12(14,15)16/h3-6,18H,1-2H3. The van der Waals surface area contributed by atoms with Crippen LogP contribution in [-0.2, 0) is 10.3 Å². The number of aryl methyl sites for hydroxylation is 1. The summed E-state index contributed by atoms with van der Waals surface area (Å²) in [6, 6.07) is 3.72. The fraction of sp³-hybridized carbons (Fsp3) is 0.417. The average molecular weight is 277 g/mol. The summed E-state index contributed by atoms with van der Waals surface area (Å²) in [5.74, 6) is -4.45. The number of nitrogens with zero attached hydrogens (tertiary/aromatic N) is 1. The summed E-state index contributed by atoms with van der Waals surface area (Å²) in [4.78, 5) is 4.09. The van der Waals surface area contributed by atoms with Gasteiger partial charge in [0.05, 0.1) is 6.21 Å². The highest BCUT2D eigenvalue weighted by Crippen LogP contribution is 2.49. The van der Waals surface area contributed by atoms with Crippen LogP contribution in [0.3, 0.4) is 0 Å². The van der Waals surface area contributed by atoms with Gasteiger partial charge in [0.15, 0.2) is 0 Å². The fourth-order valence-electron chi connectivity index (χ4n) is 2.03. The van der Waals surface area contributed by atoms with E-state index in [1.807, 2.05) is 0 Å². The molecule has 7 heteroatoms. The van der Waals surface area contributed by atoms with E-state index in [2.05, 4.69) is 9.99 Å². The molecule has 1 N–H and O–H groups in total. The lowest BCUT2D eigenvalue weighted by Crippen LogP contribution is -2.59. The Morgan fingerprint density at radius 3 is 2.47 bits per heavy atom. The molecule has 1 aliphatic heterocycles. The summed E-state index contributed by atoms with van der Waals surface area (Å²) < 4.78 is 52.8. The Balaban J connectivity index is 2.61. The van der Waals surface area contributed by atoms with Gasteiger partial charge in [-0.3, -0.25) is 0 Å². The van der Waals surface area contributed by atoms with Crippen LogP contribution in [0.25, 0.3) is 0 Å². The Bertz CT molecular complexity index is 543.